The van der Waals surface area contributed by atoms with Crippen LogP contribution in [0.4, 0.5) is 0 Å². The summed E-state index contributed by atoms with van der Waals surface area (Å²) in [6, 6.07) is 0.803. The van der Waals surface area contributed by atoms with E-state index >= 15 is 0 Å². The van der Waals surface area contributed by atoms with Gasteiger partial charge in [0.15, 0.2) is 0 Å². The van der Waals surface area contributed by atoms with Crippen LogP contribution in [-0.2, 0) is 9.53 Å². The maximum Gasteiger partial charge on any atom is 0.326 e. The molecule has 0 aliphatic heterocycles. The van der Waals surface area contributed by atoms with Crippen LogP contribution in [-0.4, -0.2) is 23.7 Å². The third-order valence-corrected chi connectivity index (χ3v) is 3.06. The lowest BCUT2D eigenvalue weighted by Crippen LogP contribution is -2.37. The molecule has 0 saturated carbocycles. The monoisotopic (exact) mass is 265 g/mol. The van der Waals surface area contributed by atoms with E-state index in [1.54, 1.807) is 6.92 Å². The van der Waals surface area contributed by atoms with Crippen molar-refractivity contribution < 1.29 is 14.6 Å². The minimum atomic E-state index is -1.01. The Balaban J connectivity index is 0.00000225. The van der Waals surface area contributed by atoms with Gasteiger partial charge in [0.25, 0.3) is 0 Å². The number of carbonyl (C=O) groups excluding carboxylic acids is 1. The second-order valence-electron chi connectivity index (χ2n) is 3.25. The third kappa shape index (κ3) is 3.75. The molecule has 0 unspecified atom stereocenters. The lowest BCUT2D eigenvalue weighted by Gasteiger charge is -2.15. The number of halogens is 1. The number of aryl methyl sites for hydroxylation is 1. The lowest BCUT2D eigenvalue weighted by atomic mass is 10.1. The largest absolute Gasteiger partial charge is 0.465 e. The number of hydrogen-bond acceptors (Lipinski definition) is 5. The summed E-state index contributed by atoms with van der Waals surface area (Å²) in [7, 11) is 0. The fourth-order valence-corrected chi connectivity index (χ4v) is 2.08. The van der Waals surface area contributed by atoms with Gasteiger partial charge >= 0.3 is 5.97 Å². The van der Waals surface area contributed by atoms with Crippen molar-refractivity contribution in [1.29, 1.82) is 0 Å². The first-order valence-corrected chi connectivity index (χ1v) is 5.59. The van der Waals surface area contributed by atoms with Crippen LogP contribution in [0.2, 0.25) is 0 Å². The highest BCUT2D eigenvalue weighted by atomic mass is 35.5. The summed E-state index contributed by atoms with van der Waals surface area (Å²) in [5.74, 6) is -0.573. The zero-order valence-corrected chi connectivity index (χ0v) is 10.8. The van der Waals surface area contributed by atoms with E-state index in [1.807, 2.05) is 18.4 Å². The average Bonchev–Trinajstić information content (AvgIpc) is 2.63. The number of hydrogen-bond donors (Lipinski definition) is 2. The summed E-state index contributed by atoms with van der Waals surface area (Å²) in [5, 5.41) is 11.7. The van der Waals surface area contributed by atoms with Crippen LogP contribution in [0, 0.1) is 6.92 Å². The molecule has 1 rings (SSSR count). The van der Waals surface area contributed by atoms with Gasteiger partial charge in [-0.15, -0.1) is 23.7 Å². The molecule has 0 bridgehead atoms. The van der Waals surface area contributed by atoms with Crippen LogP contribution >= 0.6 is 23.7 Å². The van der Waals surface area contributed by atoms with E-state index in [0.717, 1.165) is 5.56 Å². The summed E-state index contributed by atoms with van der Waals surface area (Å²) < 4.78 is 4.73. The molecular formula is C10H16ClNO3S. The van der Waals surface area contributed by atoms with Crippen LogP contribution in [0.5, 0.6) is 0 Å². The number of rotatable bonds is 4. The van der Waals surface area contributed by atoms with Gasteiger partial charge in [-0.25, -0.2) is 0 Å². The Morgan fingerprint density at radius 1 is 1.69 bits per heavy atom. The Hall–Kier alpha value is -0.620. The van der Waals surface area contributed by atoms with Crippen molar-refractivity contribution in [2.45, 2.75) is 26.0 Å². The van der Waals surface area contributed by atoms with Crippen LogP contribution in [0.1, 0.15) is 23.5 Å². The topological polar surface area (TPSA) is 72.5 Å². The van der Waals surface area contributed by atoms with E-state index < -0.39 is 18.1 Å². The molecule has 1 aromatic heterocycles. The number of thiophene rings is 1. The highest BCUT2D eigenvalue weighted by Crippen LogP contribution is 2.23. The first kappa shape index (κ1) is 15.4. The molecule has 0 saturated heterocycles. The van der Waals surface area contributed by atoms with E-state index in [-0.39, 0.29) is 19.0 Å². The first-order chi connectivity index (χ1) is 7.06. The highest BCUT2D eigenvalue weighted by molar-refractivity contribution is 7.10. The van der Waals surface area contributed by atoms with Crippen LogP contribution in [0.15, 0.2) is 11.4 Å². The number of aliphatic hydroxyl groups is 1. The fraction of sp³-hybridized carbons (Fsp3) is 0.500. The molecule has 0 radical (unpaired) electrons. The molecule has 0 aromatic carbocycles. The van der Waals surface area contributed by atoms with Crippen molar-refractivity contribution in [1.82, 2.24) is 0 Å². The minimum Gasteiger partial charge on any atom is -0.465 e. The third-order valence-electron chi connectivity index (χ3n) is 1.94. The SMILES string of the molecule is CCOC(=O)[C@H](N)[C@H](O)c1cc(C)cs1.Cl. The summed E-state index contributed by atoms with van der Waals surface area (Å²) >= 11 is 1.38. The number of ether oxygens (including phenoxy) is 1. The predicted molar refractivity (Wildman–Crippen MR) is 65.9 cm³/mol. The Labute approximate surface area is 105 Å². The molecule has 0 amide bonds. The smallest absolute Gasteiger partial charge is 0.326 e. The molecule has 0 spiro atoms. The Morgan fingerprint density at radius 2 is 2.31 bits per heavy atom. The number of esters is 1. The van der Waals surface area contributed by atoms with Crippen molar-refractivity contribution in [2.75, 3.05) is 6.61 Å². The van der Waals surface area contributed by atoms with Crippen LogP contribution < -0.4 is 5.73 Å². The normalized spacial score (nSPS) is 13.8. The molecule has 1 heterocycles. The maximum atomic E-state index is 11.3. The molecule has 16 heavy (non-hydrogen) atoms. The Morgan fingerprint density at radius 3 is 2.75 bits per heavy atom. The van der Waals surface area contributed by atoms with Gasteiger partial charge in [-0.05, 0) is 30.9 Å². The second-order valence-corrected chi connectivity index (χ2v) is 4.19. The van der Waals surface area contributed by atoms with Gasteiger partial charge in [-0.3, -0.25) is 4.79 Å². The van der Waals surface area contributed by atoms with E-state index in [1.165, 1.54) is 11.3 Å². The van der Waals surface area contributed by atoms with Gasteiger partial charge in [0.1, 0.15) is 12.1 Å². The molecule has 3 N–H and O–H groups in total. The highest BCUT2D eigenvalue weighted by Gasteiger charge is 2.26. The lowest BCUT2D eigenvalue weighted by molar-refractivity contribution is -0.147. The van der Waals surface area contributed by atoms with Gasteiger partial charge < -0.3 is 15.6 Å². The summed E-state index contributed by atoms with van der Waals surface area (Å²) in [5.41, 5.74) is 6.62. The van der Waals surface area contributed by atoms with Crippen LogP contribution in [0.3, 0.4) is 0 Å². The molecule has 2 atom stereocenters. The van der Waals surface area contributed by atoms with E-state index in [2.05, 4.69) is 0 Å². The maximum absolute atomic E-state index is 11.3. The van der Waals surface area contributed by atoms with E-state index in [0.29, 0.717) is 4.88 Å². The predicted octanol–water partition coefficient (Wildman–Crippen LogP) is 1.40. The molecule has 1 aromatic rings. The van der Waals surface area contributed by atoms with Gasteiger partial charge in [0, 0.05) is 4.88 Å². The Kier molecular flexibility index (Phi) is 6.59. The van der Waals surface area contributed by atoms with Gasteiger partial charge in [-0.1, -0.05) is 0 Å². The summed E-state index contributed by atoms with van der Waals surface area (Å²) in [6.07, 6.45) is -0.984. The van der Waals surface area contributed by atoms with Crippen molar-refractivity contribution >= 4 is 29.7 Å². The van der Waals surface area contributed by atoms with E-state index in [4.69, 9.17) is 10.5 Å². The molecule has 0 fully saturated rings. The minimum absolute atomic E-state index is 0. The molecular weight excluding hydrogens is 250 g/mol. The van der Waals surface area contributed by atoms with Crippen molar-refractivity contribution in [2.24, 2.45) is 5.73 Å². The second kappa shape index (κ2) is 6.85. The molecule has 6 heteroatoms. The average molecular weight is 266 g/mol. The summed E-state index contributed by atoms with van der Waals surface area (Å²) in [6.45, 7) is 3.89. The van der Waals surface area contributed by atoms with Gasteiger partial charge in [0.2, 0.25) is 0 Å². The van der Waals surface area contributed by atoms with Crippen molar-refractivity contribution in [3.05, 3.63) is 21.9 Å². The number of carbonyl (C=O) groups is 1. The van der Waals surface area contributed by atoms with Crippen molar-refractivity contribution in [3.63, 3.8) is 0 Å². The van der Waals surface area contributed by atoms with Crippen molar-refractivity contribution in [3.8, 4) is 0 Å². The zero-order valence-electron chi connectivity index (χ0n) is 9.17. The first-order valence-electron chi connectivity index (χ1n) is 4.71. The fourth-order valence-electron chi connectivity index (χ4n) is 1.15. The van der Waals surface area contributed by atoms with E-state index in [9.17, 15) is 9.90 Å². The molecule has 4 nitrogen and oxygen atoms in total. The number of aliphatic hydroxyl groups excluding tert-OH is 1. The molecule has 0 aliphatic carbocycles. The van der Waals surface area contributed by atoms with Gasteiger partial charge in [-0.2, -0.15) is 0 Å². The molecule has 92 valence electrons. The summed E-state index contributed by atoms with van der Waals surface area (Å²) in [4.78, 5) is 12.0. The Bertz CT molecular complexity index is 343. The van der Waals surface area contributed by atoms with Crippen LogP contribution in [0.25, 0.3) is 0 Å². The molecule has 0 aliphatic rings. The quantitative estimate of drug-likeness (QED) is 0.808. The standard InChI is InChI=1S/C10H15NO3S.ClH/c1-3-14-10(13)8(11)9(12)7-4-6(2)5-15-7;/h4-5,8-9,12H,3,11H2,1-2H3;1H/t8-,9-;/m1./s1. The number of nitrogens with two attached hydrogens (primary N) is 1. The van der Waals surface area contributed by atoms with Gasteiger partial charge in [0.05, 0.1) is 6.61 Å². The zero-order chi connectivity index (χ0) is 11.4.